The van der Waals surface area contributed by atoms with E-state index in [4.69, 9.17) is 0 Å². The molecule has 0 radical (unpaired) electrons. The SMILES string of the molecule is Cc1ccc(C(=O)N2CCC([C@@H]3CNC[C@H]3CO)CC2)cc1F. The van der Waals surface area contributed by atoms with Crippen LogP contribution in [-0.2, 0) is 0 Å². The first-order valence-corrected chi connectivity index (χ1v) is 8.47. The van der Waals surface area contributed by atoms with Crippen LogP contribution in [0.4, 0.5) is 4.39 Å². The molecular formula is C18H25FN2O2. The molecule has 2 atom stereocenters. The summed E-state index contributed by atoms with van der Waals surface area (Å²) in [5.41, 5.74) is 0.992. The molecule has 2 saturated heterocycles. The van der Waals surface area contributed by atoms with E-state index in [9.17, 15) is 14.3 Å². The summed E-state index contributed by atoms with van der Waals surface area (Å²) in [6.45, 7) is 5.22. The number of likely N-dealkylation sites (tertiary alicyclic amines) is 1. The van der Waals surface area contributed by atoms with Crippen molar-refractivity contribution < 1.29 is 14.3 Å². The first-order chi connectivity index (χ1) is 11.1. The highest BCUT2D eigenvalue weighted by Gasteiger charge is 2.35. The molecule has 2 fully saturated rings. The third-order valence-corrected chi connectivity index (χ3v) is 5.48. The van der Waals surface area contributed by atoms with E-state index in [0.717, 1.165) is 25.9 Å². The fourth-order valence-corrected chi connectivity index (χ4v) is 3.94. The summed E-state index contributed by atoms with van der Waals surface area (Å²) >= 11 is 0. The number of nitrogens with zero attached hydrogens (tertiary/aromatic N) is 1. The Kier molecular flexibility index (Phi) is 4.97. The quantitative estimate of drug-likeness (QED) is 0.893. The second-order valence-corrected chi connectivity index (χ2v) is 6.86. The summed E-state index contributed by atoms with van der Waals surface area (Å²) in [6.07, 6.45) is 1.92. The largest absolute Gasteiger partial charge is 0.396 e. The molecule has 2 aliphatic rings. The second-order valence-electron chi connectivity index (χ2n) is 6.86. The van der Waals surface area contributed by atoms with Crippen LogP contribution in [0.15, 0.2) is 18.2 Å². The molecule has 2 heterocycles. The third kappa shape index (κ3) is 3.40. The minimum atomic E-state index is -0.325. The van der Waals surface area contributed by atoms with Gasteiger partial charge in [0.15, 0.2) is 0 Å². The summed E-state index contributed by atoms with van der Waals surface area (Å²) < 4.78 is 13.7. The van der Waals surface area contributed by atoms with Gasteiger partial charge in [-0.15, -0.1) is 0 Å². The average Bonchev–Trinajstić information content (AvgIpc) is 3.05. The number of carbonyl (C=O) groups is 1. The molecule has 2 N–H and O–H groups in total. The molecule has 3 rings (SSSR count). The monoisotopic (exact) mass is 320 g/mol. The molecule has 0 unspecified atom stereocenters. The topological polar surface area (TPSA) is 52.6 Å². The Balaban J connectivity index is 1.60. The van der Waals surface area contributed by atoms with Crippen molar-refractivity contribution in [2.75, 3.05) is 32.8 Å². The number of amides is 1. The molecule has 1 aromatic carbocycles. The van der Waals surface area contributed by atoms with Crippen LogP contribution in [0.2, 0.25) is 0 Å². The van der Waals surface area contributed by atoms with Crippen LogP contribution in [0.1, 0.15) is 28.8 Å². The Morgan fingerprint density at radius 1 is 1.35 bits per heavy atom. The van der Waals surface area contributed by atoms with Crippen LogP contribution >= 0.6 is 0 Å². The van der Waals surface area contributed by atoms with Crippen LogP contribution in [-0.4, -0.2) is 48.7 Å². The second kappa shape index (κ2) is 6.97. The predicted molar refractivity (Wildman–Crippen MR) is 86.7 cm³/mol. The summed E-state index contributed by atoms with van der Waals surface area (Å²) in [6, 6.07) is 4.70. The van der Waals surface area contributed by atoms with Gasteiger partial charge in [0.2, 0.25) is 0 Å². The number of hydrogen-bond acceptors (Lipinski definition) is 3. The molecule has 0 spiro atoms. The molecule has 126 valence electrons. The number of aliphatic hydroxyl groups is 1. The van der Waals surface area contributed by atoms with Crippen molar-refractivity contribution in [1.29, 1.82) is 0 Å². The van der Waals surface area contributed by atoms with Gasteiger partial charge in [0.05, 0.1) is 0 Å². The van der Waals surface area contributed by atoms with Gasteiger partial charge in [-0.2, -0.15) is 0 Å². The van der Waals surface area contributed by atoms with Gasteiger partial charge in [-0.25, -0.2) is 4.39 Å². The molecule has 23 heavy (non-hydrogen) atoms. The number of piperidine rings is 1. The molecule has 0 aromatic heterocycles. The lowest BCUT2D eigenvalue weighted by atomic mass is 9.78. The predicted octanol–water partition coefficient (Wildman–Crippen LogP) is 1.81. The summed E-state index contributed by atoms with van der Waals surface area (Å²) in [5, 5.41) is 12.8. The van der Waals surface area contributed by atoms with E-state index in [1.165, 1.54) is 6.07 Å². The van der Waals surface area contributed by atoms with E-state index < -0.39 is 0 Å². The Morgan fingerprint density at radius 2 is 2.09 bits per heavy atom. The number of halogens is 1. The van der Waals surface area contributed by atoms with Crippen LogP contribution in [0.3, 0.4) is 0 Å². The number of rotatable bonds is 3. The van der Waals surface area contributed by atoms with Gasteiger partial charge in [0.1, 0.15) is 5.82 Å². The fraction of sp³-hybridized carbons (Fsp3) is 0.611. The third-order valence-electron chi connectivity index (χ3n) is 5.48. The van der Waals surface area contributed by atoms with Crippen LogP contribution in [0.5, 0.6) is 0 Å². The number of aliphatic hydroxyl groups excluding tert-OH is 1. The number of carbonyl (C=O) groups excluding carboxylic acids is 1. The zero-order valence-electron chi connectivity index (χ0n) is 13.6. The summed E-state index contributed by atoms with van der Waals surface area (Å²) in [7, 11) is 0. The van der Waals surface area contributed by atoms with Crippen molar-refractivity contribution in [2.24, 2.45) is 17.8 Å². The molecule has 4 nitrogen and oxygen atoms in total. The van der Waals surface area contributed by atoms with Crippen LogP contribution in [0.25, 0.3) is 0 Å². The maximum atomic E-state index is 13.7. The van der Waals surface area contributed by atoms with Crippen molar-refractivity contribution in [1.82, 2.24) is 10.2 Å². The van der Waals surface area contributed by atoms with Crippen LogP contribution in [0, 0.1) is 30.5 Å². The number of aryl methyl sites for hydroxylation is 1. The normalized spacial score (nSPS) is 25.8. The van der Waals surface area contributed by atoms with E-state index in [1.54, 1.807) is 19.1 Å². The maximum Gasteiger partial charge on any atom is 0.253 e. The minimum Gasteiger partial charge on any atom is -0.396 e. The van der Waals surface area contributed by atoms with Crippen molar-refractivity contribution in [3.8, 4) is 0 Å². The zero-order valence-corrected chi connectivity index (χ0v) is 13.6. The van der Waals surface area contributed by atoms with E-state index >= 15 is 0 Å². The standard InChI is InChI=1S/C18H25FN2O2/c1-12-2-3-14(8-17(12)19)18(23)21-6-4-13(5-7-21)16-10-20-9-15(16)11-22/h2-3,8,13,15-16,20,22H,4-7,9-11H2,1H3/t15-,16-/m0/s1. The van der Waals surface area contributed by atoms with Crippen molar-refractivity contribution in [3.63, 3.8) is 0 Å². The van der Waals surface area contributed by atoms with Gasteiger partial charge >= 0.3 is 0 Å². The maximum absolute atomic E-state index is 13.7. The van der Waals surface area contributed by atoms with Gasteiger partial charge in [-0.3, -0.25) is 4.79 Å². The molecule has 0 saturated carbocycles. The lowest BCUT2D eigenvalue weighted by Gasteiger charge is -2.36. The van der Waals surface area contributed by atoms with E-state index in [-0.39, 0.29) is 18.3 Å². The number of nitrogens with one attached hydrogen (secondary N) is 1. The molecule has 1 amide bonds. The Bertz CT molecular complexity index is 570. The van der Waals surface area contributed by atoms with Gasteiger partial charge in [0, 0.05) is 31.8 Å². The molecule has 1 aromatic rings. The van der Waals surface area contributed by atoms with Gasteiger partial charge in [-0.1, -0.05) is 6.07 Å². The van der Waals surface area contributed by atoms with Gasteiger partial charge in [0.25, 0.3) is 5.91 Å². The lowest BCUT2D eigenvalue weighted by molar-refractivity contribution is 0.0625. The Morgan fingerprint density at radius 3 is 2.74 bits per heavy atom. The van der Waals surface area contributed by atoms with E-state index in [0.29, 0.717) is 42.0 Å². The molecule has 0 aliphatic carbocycles. The Labute approximate surface area is 136 Å². The number of benzene rings is 1. The van der Waals surface area contributed by atoms with E-state index in [2.05, 4.69) is 5.32 Å². The fourth-order valence-electron chi connectivity index (χ4n) is 3.94. The van der Waals surface area contributed by atoms with E-state index in [1.807, 2.05) is 4.90 Å². The van der Waals surface area contributed by atoms with Gasteiger partial charge in [-0.05, 0) is 61.8 Å². The van der Waals surface area contributed by atoms with Crippen molar-refractivity contribution in [2.45, 2.75) is 19.8 Å². The highest BCUT2D eigenvalue weighted by molar-refractivity contribution is 5.94. The van der Waals surface area contributed by atoms with Crippen LogP contribution < -0.4 is 5.32 Å². The smallest absolute Gasteiger partial charge is 0.253 e. The lowest BCUT2D eigenvalue weighted by Crippen LogP contribution is -2.41. The molecule has 2 aliphatic heterocycles. The average molecular weight is 320 g/mol. The molecular weight excluding hydrogens is 295 g/mol. The zero-order chi connectivity index (χ0) is 16.4. The summed E-state index contributed by atoms with van der Waals surface area (Å²) in [5.74, 6) is 1.00. The van der Waals surface area contributed by atoms with Crippen molar-refractivity contribution >= 4 is 5.91 Å². The molecule has 0 bridgehead atoms. The number of hydrogen-bond donors (Lipinski definition) is 2. The Hall–Kier alpha value is -1.46. The molecule has 5 heteroatoms. The van der Waals surface area contributed by atoms with Crippen molar-refractivity contribution in [3.05, 3.63) is 35.1 Å². The summed E-state index contributed by atoms with van der Waals surface area (Å²) in [4.78, 5) is 14.3. The van der Waals surface area contributed by atoms with Gasteiger partial charge < -0.3 is 15.3 Å². The first-order valence-electron chi connectivity index (χ1n) is 8.47. The minimum absolute atomic E-state index is 0.0781. The highest BCUT2D eigenvalue weighted by Crippen LogP contribution is 2.32. The first kappa shape index (κ1) is 16.4. The highest BCUT2D eigenvalue weighted by atomic mass is 19.1.